The summed E-state index contributed by atoms with van der Waals surface area (Å²) in [5.74, 6) is 1.85. The largest absolute Gasteiger partial charge is 0.609 e. The molecule has 2 heterocycles. The zero-order valence-electron chi connectivity index (χ0n) is 17.4. The SMILES string of the molecule is CC[C@]1(Cc2nc3cc(Cl)ccc3o2)C[C@@H](NC(=O)c2ccc([S@@+]([O-])CC3CC3)o2)C1. The highest BCUT2D eigenvalue weighted by Gasteiger charge is 2.44. The number of hydrogen-bond acceptors (Lipinski definition) is 5. The van der Waals surface area contributed by atoms with E-state index in [2.05, 4.69) is 17.2 Å². The van der Waals surface area contributed by atoms with Crippen LogP contribution in [0.3, 0.4) is 0 Å². The van der Waals surface area contributed by atoms with Crippen molar-refractivity contribution in [1.82, 2.24) is 10.3 Å². The van der Waals surface area contributed by atoms with E-state index in [4.69, 9.17) is 20.4 Å². The number of amides is 1. The first-order valence-corrected chi connectivity index (χ1v) is 12.5. The third kappa shape index (κ3) is 4.49. The van der Waals surface area contributed by atoms with Gasteiger partial charge in [0.1, 0.15) is 11.3 Å². The number of halogens is 1. The van der Waals surface area contributed by atoms with Crippen molar-refractivity contribution in [2.45, 2.75) is 56.6 Å². The molecule has 8 heteroatoms. The van der Waals surface area contributed by atoms with E-state index in [9.17, 15) is 9.35 Å². The fourth-order valence-corrected chi connectivity index (χ4v) is 5.89. The summed E-state index contributed by atoms with van der Waals surface area (Å²) in [5.41, 5.74) is 1.57. The number of furan rings is 1. The van der Waals surface area contributed by atoms with E-state index in [-0.39, 0.29) is 23.1 Å². The van der Waals surface area contributed by atoms with Crippen molar-refractivity contribution < 1.29 is 18.2 Å². The third-order valence-corrected chi connectivity index (χ3v) is 8.16. The molecule has 5 rings (SSSR count). The second-order valence-electron chi connectivity index (χ2n) is 8.90. The topological polar surface area (TPSA) is 91.3 Å². The first-order chi connectivity index (χ1) is 14.9. The van der Waals surface area contributed by atoms with Gasteiger partial charge in [0.2, 0.25) is 0 Å². The van der Waals surface area contributed by atoms with E-state index in [0.717, 1.165) is 49.6 Å². The van der Waals surface area contributed by atoms with Crippen LogP contribution in [0.25, 0.3) is 11.1 Å². The molecular weight excluding hydrogens is 436 g/mol. The maximum Gasteiger partial charge on any atom is 0.311 e. The van der Waals surface area contributed by atoms with Gasteiger partial charge in [-0.3, -0.25) is 4.79 Å². The van der Waals surface area contributed by atoms with Crippen molar-refractivity contribution in [3.05, 3.63) is 47.0 Å². The Kier molecular flexibility index (Phi) is 5.52. The Morgan fingerprint density at radius 2 is 2.10 bits per heavy atom. The summed E-state index contributed by atoms with van der Waals surface area (Å²) < 4.78 is 23.7. The molecule has 164 valence electrons. The predicted octanol–water partition coefficient (Wildman–Crippen LogP) is 5.12. The van der Waals surface area contributed by atoms with Crippen LogP contribution in [0.5, 0.6) is 0 Å². The van der Waals surface area contributed by atoms with Gasteiger partial charge < -0.3 is 18.7 Å². The summed E-state index contributed by atoms with van der Waals surface area (Å²) in [5, 5.41) is 4.08. The number of hydrogen-bond donors (Lipinski definition) is 1. The van der Waals surface area contributed by atoms with E-state index in [1.165, 1.54) is 0 Å². The Morgan fingerprint density at radius 1 is 1.29 bits per heavy atom. The van der Waals surface area contributed by atoms with Crippen LogP contribution in [-0.4, -0.2) is 27.2 Å². The zero-order valence-corrected chi connectivity index (χ0v) is 18.9. The lowest BCUT2D eigenvalue weighted by molar-refractivity contribution is 0.0575. The molecule has 1 N–H and O–H groups in total. The van der Waals surface area contributed by atoms with Gasteiger partial charge in [-0.15, -0.1) is 0 Å². The molecule has 2 aliphatic rings. The summed E-state index contributed by atoms with van der Waals surface area (Å²) >= 11 is 4.88. The molecule has 0 aliphatic heterocycles. The van der Waals surface area contributed by atoms with E-state index in [1.807, 2.05) is 12.1 Å². The molecule has 0 unspecified atom stereocenters. The normalized spacial score (nSPS) is 24.2. The lowest BCUT2D eigenvalue weighted by atomic mass is 9.62. The van der Waals surface area contributed by atoms with E-state index in [1.54, 1.807) is 18.2 Å². The molecule has 1 amide bonds. The van der Waals surface area contributed by atoms with E-state index >= 15 is 0 Å². The number of oxazole rings is 1. The van der Waals surface area contributed by atoms with Crippen LogP contribution in [0, 0.1) is 11.3 Å². The minimum atomic E-state index is -1.16. The number of carbonyl (C=O) groups is 1. The molecule has 0 spiro atoms. The molecule has 0 saturated heterocycles. The molecule has 1 atom stereocenters. The average molecular weight is 461 g/mol. The summed E-state index contributed by atoms with van der Waals surface area (Å²) in [6.07, 6.45) is 5.69. The Labute approximate surface area is 188 Å². The molecule has 1 aromatic carbocycles. The van der Waals surface area contributed by atoms with Crippen LogP contribution in [0.2, 0.25) is 5.02 Å². The predicted molar refractivity (Wildman–Crippen MR) is 119 cm³/mol. The quantitative estimate of drug-likeness (QED) is 0.471. The van der Waals surface area contributed by atoms with Gasteiger partial charge in [-0.05, 0) is 61.8 Å². The lowest BCUT2D eigenvalue weighted by Crippen LogP contribution is -2.51. The second kappa shape index (κ2) is 8.19. The van der Waals surface area contributed by atoms with Gasteiger partial charge in [-0.25, -0.2) is 4.98 Å². The van der Waals surface area contributed by atoms with Gasteiger partial charge >= 0.3 is 5.09 Å². The standard InChI is InChI=1S/C23H25ClN2O4S/c1-2-23(12-20-26-17-9-15(24)5-6-18(17)29-20)10-16(11-23)25-22(27)19-7-8-21(30-19)31(28)13-14-3-4-14/h5-9,14,16H,2-4,10-13H2,1H3,(H,25,27)/t16-,23+,31-/m0/s1. The monoisotopic (exact) mass is 460 g/mol. The van der Waals surface area contributed by atoms with Crippen LogP contribution in [0.4, 0.5) is 0 Å². The summed E-state index contributed by atoms with van der Waals surface area (Å²) in [6.45, 7) is 2.16. The maximum absolute atomic E-state index is 12.6. The third-order valence-electron chi connectivity index (χ3n) is 6.48. The fraction of sp³-hybridized carbons (Fsp3) is 0.478. The minimum absolute atomic E-state index is 0.0582. The number of nitrogens with zero attached hydrogens (tertiary/aromatic N) is 1. The lowest BCUT2D eigenvalue weighted by Gasteiger charge is -2.47. The number of benzene rings is 1. The smallest absolute Gasteiger partial charge is 0.311 e. The summed E-state index contributed by atoms with van der Waals surface area (Å²) in [4.78, 5) is 17.2. The Bertz CT molecular complexity index is 1100. The van der Waals surface area contributed by atoms with Crippen molar-refractivity contribution >= 4 is 39.8 Å². The van der Waals surface area contributed by atoms with Crippen molar-refractivity contribution in [3.8, 4) is 0 Å². The van der Waals surface area contributed by atoms with Crippen molar-refractivity contribution in [3.63, 3.8) is 0 Å². The summed E-state index contributed by atoms with van der Waals surface area (Å²) in [7, 11) is 0. The van der Waals surface area contributed by atoms with Crippen LogP contribution in [0.1, 0.15) is 55.5 Å². The van der Waals surface area contributed by atoms with Gasteiger partial charge in [-0.1, -0.05) is 18.5 Å². The zero-order chi connectivity index (χ0) is 21.6. The van der Waals surface area contributed by atoms with Crippen LogP contribution in [-0.2, 0) is 17.6 Å². The molecule has 0 bridgehead atoms. The molecule has 0 radical (unpaired) electrons. The average Bonchev–Trinajstić information content (AvgIpc) is 3.24. The van der Waals surface area contributed by atoms with E-state index < -0.39 is 11.2 Å². The summed E-state index contributed by atoms with van der Waals surface area (Å²) in [6, 6.07) is 8.80. The molecule has 2 aromatic heterocycles. The van der Waals surface area contributed by atoms with Crippen LogP contribution < -0.4 is 5.32 Å². The van der Waals surface area contributed by atoms with Crippen LogP contribution >= 0.6 is 11.6 Å². The fourth-order valence-electron chi connectivity index (χ4n) is 4.39. The number of fused-ring (bicyclic) bond motifs is 1. The van der Waals surface area contributed by atoms with Gasteiger partial charge in [0, 0.05) is 40.6 Å². The van der Waals surface area contributed by atoms with Gasteiger partial charge in [0.15, 0.2) is 17.2 Å². The number of rotatable bonds is 8. The van der Waals surface area contributed by atoms with Crippen molar-refractivity contribution in [2.75, 3.05) is 5.75 Å². The number of aromatic nitrogens is 1. The van der Waals surface area contributed by atoms with Gasteiger partial charge in [-0.2, -0.15) is 0 Å². The van der Waals surface area contributed by atoms with Crippen molar-refractivity contribution in [1.29, 1.82) is 0 Å². The molecule has 3 aromatic rings. The molecule has 2 fully saturated rings. The van der Waals surface area contributed by atoms with E-state index in [0.29, 0.717) is 27.7 Å². The molecule has 2 saturated carbocycles. The van der Waals surface area contributed by atoms with Crippen LogP contribution in [0.15, 0.2) is 44.3 Å². The van der Waals surface area contributed by atoms with Gasteiger partial charge in [0.25, 0.3) is 5.91 Å². The molecular formula is C23H25ClN2O4S. The maximum atomic E-state index is 12.6. The number of nitrogens with one attached hydrogen (secondary N) is 1. The Morgan fingerprint density at radius 3 is 2.84 bits per heavy atom. The minimum Gasteiger partial charge on any atom is -0.609 e. The molecule has 31 heavy (non-hydrogen) atoms. The first kappa shape index (κ1) is 20.9. The number of carbonyl (C=O) groups excluding carboxylic acids is 1. The Hall–Kier alpha value is -1.96. The highest BCUT2D eigenvalue weighted by atomic mass is 35.5. The first-order valence-electron chi connectivity index (χ1n) is 10.8. The second-order valence-corrected chi connectivity index (χ2v) is 10.8. The highest BCUT2D eigenvalue weighted by Crippen LogP contribution is 2.47. The highest BCUT2D eigenvalue weighted by molar-refractivity contribution is 7.91. The molecule has 6 nitrogen and oxygen atoms in total. The Balaban J connectivity index is 1.17. The van der Waals surface area contributed by atoms with Gasteiger partial charge in [0.05, 0.1) is 0 Å². The molecule has 2 aliphatic carbocycles. The van der Waals surface area contributed by atoms with Crippen molar-refractivity contribution in [2.24, 2.45) is 11.3 Å².